The number of hydrogen-bond acceptors (Lipinski definition) is 5. The molecule has 1 heterocycles. The number of hydrogen-bond donors (Lipinski definition) is 3. The lowest BCUT2D eigenvalue weighted by atomic mass is 9.79. The molecule has 0 radical (unpaired) electrons. The topological polar surface area (TPSA) is 84.1 Å². The fourth-order valence-corrected chi connectivity index (χ4v) is 2.50. The summed E-state index contributed by atoms with van der Waals surface area (Å²) >= 11 is 0. The normalized spacial score (nSPS) is 27.2. The lowest BCUT2D eigenvalue weighted by molar-refractivity contribution is 0.00494. The Hall–Kier alpha value is -1.36. The molecule has 1 fully saturated rings. The molecule has 0 atom stereocenters. The Balaban J connectivity index is 1.96. The highest BCUT2D eigenvalue weighted by atomic mass is 16.3. The highest BCUT2D eigenvalue weighted by molar-refractivity contribution is 5.44. The van der Waals surface area contributed by atoms with Crippen LogP contribution < -0.4 is 11.1 Å². The van der Waals surface area contributed by atoms with E-state index in [4.69, 9.17) is 5.73 Å². The average Bonchev–Trinajstić information content (AvgIpc) is 2.40. The zero-order valence-electron chi connectivity index (χ0n) is 11.8. The van der Waals surface area contributed by atoms with Crippen molar-refractivity contribution in [3.05, 3.63) is 11.9 Å². The van der Waals surface area contributed by atoms with Crippen molar-refractivity contribution in [2.45, 2.75) is 51.6 Å². The maximum Gasteiger partial charge on any atom is 0.132 e. The third-order valence-electron chi connectivity index (χ3n) is 3.91. The van der Waals surface area contributed by atoms with Crippen LogP contribution in [-0.2, 0) is 6.42 Å². The van der Waals surface area contributed by atoms with Crippen LogP contribution in [-0.4, -0.2) is 27.2 Å². The Morgan fingerprint density at radius 1 is 1.42 bits per heavy atom. The van der Waals surface area contributed by atoms with E-state index in [2.05, 4.69) is 22.2 Å². The first-order valence-corrected chi connectivity index (χ1v) is 7.10. The van der Waals surface area contributed by atoms with Gasteiger partial charge >= 0.3 is 0 Å². The smallest absolute Gasteiger partial charge is 0.132 e. The van der Waals surface area contributed by atoms with Crippen molar-refractivity contribution in [3.63, 3.8) is 0 Å². The van der Waals surface area contributed by atoms with Gasteiger partial charge in [0.2, 0.25) is 0 Å². The molecule has 1 aromatic rings. The standard InChI is InChI=1S/C14H24N4O/c1-3-12-17-11(15)8-13(18-12)16-9-14(19)6-4-10(2)5-7-14/h8,10,19H,3-7,9H2,1-2H3,(H3,15,16,17,18). The Bertz CT molecular complexity index is 427. The van der Waals surface area contributed by atoms with E-state index in [0.29, 0.717) is 18.2 Å². The summed E-state index contributed by atoms with van der Waals surface area (Å²) in [6.07, 6.45) is 4.63. The number of nitrogens with two attached hydrogens (primary N) is 1. The summed E-state index contributed by atoms with van der Waals surface area (Å²) in [5.41, 5.74) is 5.13. The maximum atomic E-state index is 10.5. The number of nitrogens with one attached hydrogen (secondary N) is 1. The number of nitrogen functional groups attached to an aromatic ring is 1. The van der Waals surface area contributed by atoms with E-state index in [-0.39, 0.29) is 0 Å². The van der Waals surface area contributed by atoms with Gasteiger partial charge in [-0.1, -0.05) is 13.8 Å². The molecule has 0 unspecified atom stereocenters. The minimum atomic E-state index is -0.613. The summed E-state index contributed by atoms with van der Waals surface area (Å²) in [6.45, 7) is 4.76. The van der Waals surface area contributed by atoms with Gasteiger partial charge in [-0.2, -0.15) is 0 Å². The van der Waals surface area contributed by atoms with Gasteiger partial charge in [0.25, 0.3) is 0 Å². The fraction of sp³-hybridized carbons (Fsp3) is 0.714. The molecule has 5 nitrogen and oxygen atoms in total. The first-order valence-electron chi connectivity index (χ1n) is 7.10. The molecule has 4 N–H and O–H groups in total. The monoisotopic (exact) mass is 264 g/mol. The largest absolute Gasteiger partial charge is 0.388 e. The molecule has 0 aliphatic heterocycles. The van der Waals surface area contributed by atoms with Crippen LogP contribution in [0.3, 0.4) is 0 Å². The van der Waals surface area contributed by atoms with Crippen molar-refractivity contribution in [2.24, 2.45) is 5.92 Å². The minimum Gasteiger partial charge on any atom is -0.388 e. The molecular formula is C14H24N4O. The van der Waals surface area contributed by atoms with Crippen LogP contribution in [0.15, 0.2) is 6.07 Å². The number of anilines is 2. The van der Waals surface area contributed by atoms with E-state index >= 15 is 0 Å². The van der Waals surface area contributed by atoms with Crippen LogP contribution in [0.2, 0.25) is 0 Å². The second kappa shape index (κ2) is 5.74. The van der Waals surface area contributed by atoms with Gasteiger partial charge in [-0.15, -0.1) is 0 Å². The third kappa shape index (κ3) is 3.80. The zero-order chi connectivity index (χ0) is 13.9. The van der Waals surface area contributed by atoms with Gasteiger partial charge in [0.15, 0.2) is 0 Å². The molecule has 19 heavy (non-hydrogen) atoms. The van der Waals surface area contributed by atoms with Crippen molar-refractivity contribution in [1.82, 2.24) is 9.97 Å². The Morgan fingerprint density at radius 3 is 2.74 bits per heavy atom. The predicted octanol–water partition coefficient (Wildman–Crippen LogP) is 1.97. The van der Waals surface area contributed by atoms with Crippen LogP contribution in [0, 0.1) is 5.92 Å². The SMILES string of the molecule is CCc1nc(N)cc(NCC2(O)CCC(C)CC2)n1. The molecule has 1 aliphatic carbocycles. The van der Waals surface area contributed by atoms with Crippen LogP contribution >= 0.6 is 0 Å². The maximum absolute atomic E-state index is 10.5. The zero-order valence-corrected chi connectivity index (χ0v) is 11.8. The second-order valence-electron chi connectivity index (χ2n) is 5.71. The van der Waals surface area contributed by atoms with E-state index in [1.54, 1.807) is 6.07 Å². The minimum absolute atomic E-state index is 0.471. The quantitative estimate of drug-likeness (QED) is 0.774. The van der Waals surface area contributed by atoms with Gasteiger partial charge in [-0.3, -0.25) is 0 Å². The third-order valence-corrected chi connectivity index (χ3v) is 3.91. The molecule has 0 amide bonds. The number of nitrogens with zero attached hydrogens (tertiary/aromatic N) is 2. The first kappa shape index (κ1) is 14.1. The van der Waals surface area contributed by atoms with Crippen molar-refractivity contribution < 1.29 is 5.11 Å². The van der Waals surface area contributed by atoms with E-state index in [0.717, 1.165) is 43.8 Å². The van der Waals surface area contributed by atoms with Crippen LogP contribution in [0.4, 0.5) is 11.6 Å². The summed E-state index contributed by atoms with van der Waals surface area (Å²) in [5.74, 6) is 2.63. The molecular weight excluding hydrogens is 240 g/mol. The number of rotatable bonds is 4. The molecule has 1 aliphatic rings. The number of aryl methyl sites for hydroxylation is 1. The van der Waals surface area contributed by atoms with Crippen molar-refractivity contribution >= 4 is 11.6 Å². The van der Waals surface area contributed by atoms with E-state index in [1.165, 1.54) is 0 Å². The molecule has 2 rings (SSSR count). The predicted molar refractivity (Wildman–Crippen MR) is 76.9 cm³/mol. The van der Waals surface area contributed by atoms with Gasteiger partial charge in [-0.05, 0) is 31.6 Å². The van der Waals surface area contributed by atoms with Crippen molar-refractivity contribution in [1.29, 1.82) is 0 Å². The highest BCUT2D eigenvalue weighted by Crippen LogP contribution is 2.31. The molecule has 5 heteroatoms. The van der Waals surface area contributed by atoms with E-state index < -0.39 is 5.60 Å². The summed E-state index contributed by atoms with van der Waals surface area (Å²) < 4.78 is 0. The van der Waals surface area contributed by atoms with Gasteiger partial charge in [0, 0.05) is 19.0 Å². The van der Waals surface area contributed by atoms with E-state index in [1.807, 2.05) is 6.92 Å². The molecule has 1 saturated carbocycles. The Kier molecular flexibility index (Phi) is 4.24. The molecule has 1 aromatic heterocycles. The van der Waals surface area contributed by atoms with Crippen LogP contribution in [0.25, 0.3) is 0 Å². The Morgan fingerprint density at radius 2 is 2.11 bits per heavy atom. The van der Waals surface area contributed by atoms with Gasteiger partial charge in [0.1, 0.15) is 17.5 Å². The number of aromatic nitrogens is 2. The summed E-state index contributed by atoms with van der Waals surface area (Å²) in [5, 5.41) is 13.7. The lowest BCUT2D eigenvalue weighted by Crippen LogP contribution is -2.40. The van der Waals surface area contributed by atoms with Crippen molar-refractivity contribution in [2.75, 3.05) is 17.6 Å². The highest BCUT2D eigenvalue weighted by Gasteiger charge is 2.31. The molecule has 0 bridgehead atoms. The lowest BCUT2D eigenvalue weighted by Gasteiger charge is -2.35. The summed E-state index contributed by atoms with van der Waals surface area (Å²) in [4.78, 5) is 8.51. The molecule has 0 aromatic carbocycles. The fourth-order valence-electron chi connectivity index (χ4n) is 2.50. The molecule has 0 spiro atoms. The van der Waals surface area contributed by atoms with Crippen molar-refractivity contribution in [3.8, 4) is 0 Å². The summed E-state index contributed by atoms with van der Waals surface area (Å²) in [7, 11) is 0. The van der Waals surface area contributed by atoms with Gasteiger partial charge in [0.05, 0.1) is 5.60 Å². The van der Waals surface area contributed by atoms with Crippen LogP contribution in [0.1, 0.15) is 45.4 Å². The molecule has 0 saturated heterocycles. The van der Waals surface area contributed by atoms with Gasteiger partial charge in [-0.25, -0.2) is 9.97 Å². The average molecular weight is 264 g/mol. The van der Waals surface area contributed by atoms with E-state index in [9.17, 15) is 5.11 Å². The summed E-state index contributed by atoms with van der Waals surface area (Å²) in [6, 6.07) is 1.72. The Labute approximate surface area is 114 Å². The second-order valence-corrected chi connectivity index (χ2v) is 5.71. The molecule has 106 valence electrons. The first-order chi connectivity index (χ1) is 9.00. The number of aliphatic hydroxyl groups is 1. The van der Waals surface area contributed by atoms with Crippen LogP contribution in [0.5, 0.6) is 0 Å². The van der Waals surface area contributed by atoms with Gasteiger partial charge < -0.3 is 16.2 Å².